The molecule has 2 fully saturated rings. The van der Waals surface area contributed by atoms with Crippen LogP contribution < -0.4 is 5.32 Å². The predicted octanol–water partition coefficient (Wildman–Crippen LogP) is 2.08. The van der Waals surface area contributed by atoms with Crippen LogP contribution in [0.3, 0.4) is 0 Å². The number of nitrogens with one attached hydrogen (secondary N) is 1. The Morgan fingerprint density at radius 3 is 2.64 bits per heavy atom. The van der Waals surface area contributed by atoms with Crippen molar-refractivity contribution in [2.24, 2.45) is 0 Å². The van der Waals surface area contributed by atoms with Crippen molar-refractivity contribution < 1.29 is 9.53 Å². The molecule has 0 bridgehead atoms. The first-order valence-electron chi connectivity index (χ1n) is 8.31. The first-order chi connectivity index (χ1) is 10.8. The summed E-state index contributed by atoms with van der Waals surface area (Å²) >= 11 is 0. The Kier molecular flexibility index (Phi) is 5.21. The lowest BCUT2D eigenvalue weighted by molar-refractivity contribution is 0.0754. The number of ether oxygens (including phenoxy) is 1. The van der Waals surface area contributed by atoms with Crippen LogP contribution in [0, 0.1) is 0 Å². The number of carbonyl (C=O) groups excluding carboxylic acids is 1. The van der Waals surface area contributed by atoms with Crippen LogP contribution >= 0.6 is 0 Å². The molecule has 1 amide bonds. The third kappa shape index (κ3) is 3.94. The van der Waals surface area contributed by atoms with E-state index in [1.807, 2.05) is 11.0 Å². The molecule has 0 saturated carbocycles. The van der Waals surface area contributed by atoms with E-state index in [0.29, 0.717) is 11.5 Å². The molecular weight excluding hydrogens is 280 g/mol. The second-order valence-corrected chi connectivity index (χ2v) is 6.03. The first-order valence-corrected chi connectivity index (χ1v) is 8.31. The Morgan fingerprint density at radius 2 is 2.00 bits per heavy atom. The Bertz CT molecular complexity index is 477. The average molecular weight is 304 g/mol. The van der Waals surface area contributed by atoms with E-state index >= 15 is 0 Å². The summed E-state index contributed by atoms with van der Waals surface area (Å²) in [7, 11) is 0. The smallest absolute Gasteiger partial charge is 0.274 e. The summed E-state index contributed by atoms with van der Waals surface area (Å²) in [5.74, 6) is 0.697. The zero-order valence-corrected chi connectivity index (χ0v) is 13.0. The standard InChI is InChI=1S/C16H24N4O2/c21-16(20-9-3-1-2-4-10-20)14-7-8-15(19-18-14)17-12-13-6-5-11-22-13/h7-8,13H,1-6,9-12H2,(H,17,19). The molecule has 0 radical (unpaired) electrons. The van der Waals surface area contributed by atoms with Gasteiger partial charge in [-0.15, -0.1) is 10.2 Å². The average Bonchev–Trinajstić information content (AvgIpc) is 2.93. The maximum absolute atomic E-state index is 12.4. The van der Waals surface area contributed by atoms with E-state index < -0.39 is 0 Å². The van der Waals surface area contributed by atoms with Crippen molar-refractivity contribution in [2.45, 2.75) is 44.6 Å². The van der Waals surface area contributed by atoms with Crippen LogP contribution in [0.1, 0.15) is 49.0 Å². The van der Waals surface area contributed by atoms with E-state index in [1.54, 1.807) is 6.07 Å². The van der Waals surface area contributed by atoms with Gasteiger partial charge in [0.15, 0.2) is 5.69 Å². The summed E-state index contributed by atoms with van der Waals surface area (Å²) in [5.41, 5.74) is 0.435. The number of anilines is 1. The lowest BCUT2D eigenvalue weighted by Gasteiger charge is -2.19. The molecule has 2 saturated heterocycles. The SMILES string of the molecule is O=C(c1ccc(NCC2CCCO2)nn1)N1CCCCCC1. The highest BCUT2D eigenvalue weighted by Crippen LogP contribution is 2.14. The Morgan fingerprint density at radius 1 is 1.18 bits per heavy atom. The molecule has 0 aromatic carbocycles. The maximum atomic E-state index is 12.4. The molecule has 6 nitrogen and oxygen atoms in total. The van der Waals surface area contributed by atoms with Gasteiger partial charge in [0.25, 0.3) is 5.91 Å². The summed E-state index contributed by atoms with van der Waals surface area (Å²) in [4.78, 5) is 14.3. The Hall–Kier alpha value is -1.69. The van der Waals surface area contributed by atoms with E-state index in [0.717, 1.165) is 51.9 Å². The molecule has 3 rings (SSSR count). The second-order valence-electron chi connectivity index (χ2n) is 6.03. The fourth-order valence-corrected chi connectivity index (χ4v) is 3.00. The highest BCUT2D eigenvalue weighted by atomic mass is 16.5. The largest absolute Gasteiger partial charge is 0.376 e. The molecule has 1 unspecified atom stereocenters. The highest BCUT2D eigenvalue weighted by molar-refractivity contribution is 5.92. The van der Waals surface area contributed by atoms with Gasteiger partial charge < -0.3 is 15.0 Å². The van der Waals surface area contributed by atoms with Gasteiger partial charge >= 0.3 is 0 Å². The number of hydrogen-bond acceptors (Lipinski definition) is 5. The maximum Gasteiger partial charge on any atom is 0.274 e. The van der Waals surface area contributed by atoms with Gasteiger partial charge in [-0.2, -0.15) is 0 Å². The molecule has 0 aliphatic carbocycles. The van der Waals surface area contributed by atoms with Crippen LogP contribution in [0.25, 0.3) is 0 Å². The third-order valence-electron chi connectivity index (χ3n) is 4.31. The fraction of sp³-hybridized carbons (Fsp3) is 0.688. The quantitative estimate of drug-likeness (QED) is 0.922. The van der Waals surface area contributed by atoms with Crippen LogP contribution in [-0.4, -0.2) is 53.3 Å². The van der Waals surface area contributed by atoms with Gasteiger partial charge in [-0.3, -0.25) is 4.79 Å². The third-order valence-corrected chi connectivity index (χ3v) is 4.31. The number of carbonyl (C=O) groups is 1. The molecular formula is C16H24N4O2. The Labute approximate surface area is 131 Å². The minimum Gasteiger partial charge on any atom is -0.376 e. The minimum atomic E-state index is 0.0000706. The van der Waals surface area contributed by atoms with Crippen molar-refractivity contribution in [3.8, 4) is 0 Å². The van der Waals surface area contributed by atoms with E-state index in [1.165, 1.54) is 12.8 Å². The minimum absolute atomic E-state index is 0.0000706. The molecule has 6 heteroatoms. The van der Waals surface area contributed by atoms with Gasteiger partial charge in [0.1, 0.15) is 5.82 Å². The second kappa shape index (κ2) is 7.54. The number of hydrogen-bond donors (Lipinski definition) is 1. The van der Waals surface area contributed by atoms with E-state index in [-0.39, 0.29) is 12.0 Å². The molecule has 0 spiro atoms. The molecule has 2 aliphatic rings. The zero-order chi connectivity index (χ0) is 15.2. The topological polar surface area (TPSA) is 67.3 Å². The number of rotatable bonds is 4. The van der Waals surface area contributed by atoms with Crippen molar-refractivity contribution in [1.82, 2.24) is 15.1 Å². The lowest BCUT2D eigenvalue weighted by Crippen LogP contribution is -2.32. The zero-order valence-electron chi connectivity index (χ0n) is 13.0. The van der Waals surface area contributed by atoms with E-state index in [9.17, 15) is 4.79 Å². The van der Waals surface area contributed by atoms with E-state index in [4.69, 9.17) is 4.74 Å². The van der Waals surface area contributed by atoms with Gasteiger partial charge in [-0.05, 0) is 37.8 Å². The van der Waals surface area contributed by atoms with Crippen molar-refractivity contribution in [2.75, 3.05) is 31.6 Å². The van der Waals surface area contributed by atoms with Crippen LogP contribution in [0.2, 0.25) is 0 Å². The van der Waals surface area contributed by atoms with Crippen molar-refractivity contribution in [3.63, 3.8) is 0 Å². The van der Waals surface area contributed by atoms with Gasteiger partial charge in [0.2, 0.25) is 0 Å². The van der Waals surface area contributed by atoms with Crippen molar-refractivity contribution in [3.05, 3.63) is 17.8 Å². The number of nitrogens with zero attached hydrogens (tertiary/aromatic N) is 3. The summed E-state index contributed by atoms with van der Waals surface area (Å²) in [6.07, 6.45) is 7.07. The molecule has 120 valence electrons. The number of aromatic nitrogens is 2. The number of amides is 1. The van der Waals surface area contributed by atoms with Crippen LogP contribution in [-0.2, 0) is 4.74 Å². The normalized spacial score (nSPS) is 22.4. The summed E-state index contributed by atoms with van der Waals surface area (Å²) in [5, 5.41) is 11.4. The van der Waals surface area contributed by atoms with E-state index in [2.05, 4.69) is 15.5 Å². The van der Waals surface area contributed by atoms with Crippen LogP contribution in [0.15, 0.2) is 12.1 Å². The van der Waals surface area contributed by atoms with Gasteiger partial charge in [-0.1, -0.05) is 12.8 Å². The molecule has 3 heterocycles. The molecule has 2 aliphatic heterocycles. The summed E-state index contributed by atoms with van der Waals surface area (Å²) in [6.45, 7) is 3.26. The molecule has 22 heavy (non-hydrogen) atoms. The summed E-state index contributed by atoms with van der Waals surface area (Å²) in [6, 6.07) is 3.59. The van der Waals surface area contributed by atoms with Crippen LogP contribution in [0.4, 0.5) is 5.82 Å². The number of likely N-dealkylation sites (tertiary alicyclic amines) is 1. The molecule has 1 atom stereocenters. The predicted molar refractivity (Wildman–Crippen MR) is 83.9 cm³/mol. The highest BCUT2D eigenvalue weighted by Gasteiger charge is 2.19. The molecule has 1 aromatic rings. The first kappa shape index (κ1) is 15.2. The molecule has 1 N–H and O–H groups in total. The van der Waals surface area contributed by atoms with Crippen molar-refractivity contribution in [1.29, 1.82) is 0 Å². The molecule has 1 aromatic heterocycles. The van der Waals surface area contributed by atoms with Crippen molar-refractivity contribution >= 4 is 11.7 Å². The van der Waals surface area contributed by atoms with Crippen LogP contribution in [0.5, 0.6) is 0 Å². The summed E-state index contributed by atoms with van der Waals surface area (Å²) < 4.78 is 5.56. The Balaban J connectivity index is 1.54. The van der Waals surface area contributed by atoms with Gasteiger partial charge in [-0.25, -0.2) is 0 Å². The van der Waals surface area contributed by atoms with Gasteiger partial charge in [0.05, 0.1) is 6.10 Å². The lowest BCUT2D eigenvalue weighted by atomic mass is 10.2. The van der Waals surface area contributed by atoms with Gasteiger partial charge in [0, 0.05) is 26.2 Å². The monoisotopic (exact) mass is 304 g/mol. The fourth-order valence-electron chi connectivity index (χ4n) is 3.00.